The van der Waals surface area contributed by atoms with Gasteiger partial charge in [-0.2, -0.15) is 0 Å². The van der Waals surface area contributed by atoms with Gasteiger partial charge in [0.15, 0.2) is 0 Å². The number of halogens is 1. The molecule has 0 saturated heterocycles. The molecule has 22 heavy (non-hydrogen) atoms. The van der Waals surface area contributed by atoms with E-state index in [1.54, 1.807) is 51.5 Å². The van der Waals surface area contributed by atoms with Crippen molar-refractivity contribution < 1.29 is 18.7 Å². The summed E-state index contributed by atoms with van der Waals surface area (Å²) < 4.78 is 23.9. The Labute approximate surface area is 128 Å². The first-order valence-electron chi connectivity index (χ1n) is 6.80. The first-order valence-corrected chi connectivity index (χ1v) is 6.80. The molecule has 1 amide bonds. The highest BCUT2D eigenvalue weighted by molar-refractivity contribution is 5.92. The van der Waals surface area contributed by atoms with E-state index in [0.29, 0.717) is 28.3 Å². The maximum Gasteiger partial charge on any atom is 0.228 e. The van der Waals surface area contributed by atoms with E-state index in [0.717, 1.165) is 0 Å². The number of aryl methyl sites for hydroxylation is 1. The molecule has 116 valence electrons. The summed E-state index contributed by atoms with van der Waals surface area (Å²) in [6.45, 7) is 1.67. The van der Waals surface area contributed by atoms with E-state index < -0.39 is 0 Å². The van der Waals surface area contributed by atoms with Crippen LogP contribution in [0.2, 0.25) is 0 Å². The number of amides is 1. The van der Waals surface area contributed by atoms with Gasteiger partial charge in [-0.15, -0.1) is 0 Å². The summed E-state index contributed by atoms with van der Waals surface area (Å²) >= 11 is 0. The average Bonchev–Trinajstić information content (AvgIpc) is 2.50. The Balaban J connectivity index is 2.12. The van der Waals surface area contributed by atoms with Crippen LogP contribution in [0, 0.1) is 12.7 Å². The van der Waals surface area contributed by atoms with Crippen molar-refractivity contribution in [3.8, 4) is 11.5 Å². The van der Waals surface area contributed by atoms with E-state index in [1.807, 2.05) is 0 Å². The second-order valence-electron chi connectivity index (χ2n) is 4.87. The van der Waals surface area contributed by atoms with Crippen molar-refractivity contribution in [2.24, 2.45) is 0 Å². The van der Waals surface area contributed by atoms with Gasteiger partial charge in [-0.1, -0.05) is 6.07 Å². The molecule has 0 aliphatic heterocycles. The molecule has 0 atom stereocenters. The maximum atomic E-state index is 13.5. The lowest BCUT2D eigenvalue weighted by Gasteiger charge is -2.11. The molecule has 0 fully saturated rings. The fourth-order valence-electron chi connectivity index (χ4n) is 2.07. The van der Waals surface area contributed by atoms with Crippen molar-refractivity contribution in [3.05, 3.63) is 53.3 Å². The van der Waals surface area contributed by atoms with E-state index in [1.165, 1.54) is 6.07 Å². The summed E-state index contributed by atoms with van der Waals surface area (Å²) in [7, 11) is 3.10. The van der Waals surface area contributed by atoms with Crippen molar-refractivity contribution in [1.82, 2.24) is 0 Å². The van der Waals surface area contributed by atoms with Crippen LogP contribution in [0.1, 0.15) is 11.1 Å². The zero-order valence-corrected chi connectivity index (χ0v) is 12.8. The number of hydrogen-bond donors (Lipinski definition) is 1. The number of nitrogens with one attached hydrogen (secondary N) is 1. The zero-order valence-electron chi connectivity index (χ0n) is 12.8. The molecular weight excluding hydrogens is 285 g/mol. The van der Waals surface area contributed by atoms with Gasteiger partial charge in [-0.05, 0) is 42.8 Å². The number of carbonyl (C=O) groups excluding carboxylic acids is 1. The molecule has 0 saturated carbocycles. The van der Waals surface area contributed by atoms with Crippen LogP contribution in [-0.2, 0) is 11.2 Å². The highest BCUT2D eigenvalue weighted by Crippen LogP contribution is 2.24. The molecule has 2 aromatic carbocycles. The monoisotopic (exact) mass is 303 g/mol. The summed E-state index contributed by atoms with van der Waals surface area (Å²) in [6, 6.07) is 9.84. The van der Waals surface area contributed by atoms with Gasteiger partial charge in [0.25, 0.3) is 0 Å². The third-order valence-corrected chi connectivity index (χ3v) is 3.29. The third kappa shape index (κ3) is 3.75. The minimum atomic E-state index is -0.350. The van der Waals surface area contributed by atoms with Crippen LogP contribution in [0.25, 0.3) is 0 Å². The van der Waals surface area contributed by atoms with Crippen molar-refractivity contribution >= 4 is 11.6 Å². The molecule has 0 spiro atoms. The first-order chi connectivity index (χ1) is 10.5. The van der Waals surface area contributed by atoms with Gasteiger partial charge in [-0.3, -0.25) is 4.79 Å². The lowest BCUT2D eigenvalue weighted by molar-refractivity contribution is -0.115. The van der Waals surface area contributed by atoms with Gasteiger partial charge in [0.2, 0.25) is 5.91 Å². The SMILES string of the molecule is COc1ccc(OC)c(CC(=O)Nc2ccc(C)c(F)c2)c1. The van der Waals surface area contributed by atoms with Crippen molar-refractivity contribution in [1.29, 1.82) is 0 Å². The normalized spacial score (nSPS) is 10.2. The van der Waals surface area contributed by atoms with E-state index >= 15 is 0 Å². The van der Waals surface area contributed by atoms with Crippen LogP contribution in [0.15, 0.2) is 36.4 Å². The predicted molar refractivity (Wildman–Crippen MR) is 83.0 cm³/mol. The number of methoxy groups -OCH3 is 2. The number of ether oxygens (including phenoxy) is 2. The molecule has 0 bridgehead atoms. The minimum absolute atomic E-state index is 0.107. The number of rotatable bonds is 5. The molecule has 0 radical (unpaired) electrons. The zero-order chi connectivity index (χ0) is 16.1. The second-order valence-corrected chi connectivity index (χ2v) is 4.87. The molecule has 0 unspecified atom stereocenters. The first kappa shape index (κ1) is 15.8. The van der Waals surface area contributed by atoms with Gasteiger partial charge in [0.1, 0.15) is 17.3 Å². The summed E-state index contributed by atoms with van der Waals surface area (Å²) in [6.07, 6.45) is 0.107. The standard InChI is InChI=1S/C17H18FNO3/c1-11-4-5-13(10-15(11)18)19-17(20)9-12-8-14(21-2)6-7-16(12)22-3/h4-8,10H,9H2,1-3H3,(H,19,20). The van der Waals surface area contributed by atoms with Crippen molar-refractivity contribution in [3.63, 3.8) is 0 Å². The third-order valence-electron chi connectivity index (χ3n) is 3.29. The molecule has 1 N–H and O–H groups in total. The Kier molecular flexibility index (Phi) is 4.99. The number of carbonyl (C=O) groups is 1. The van der Waals surface area contributed by atoms with Gasteiger partial charge in [0.05, 0.1) is 20.6 Å². The molecule has 0 heterocycles. The number of benzene rings is 2. The Morgan fingerprint density at radius 2 is 1.91 bits per heavy atom. The Bertz CT molecular complexity index is 686. The van der Waals surface area contributed by atoms with Crippen LogP contribution in [0.3, 0.4) is 0 Å². The molecule has 5 heteroatoms. The maximum absolute atomic E-state index is 13.5. The number of anilines is 1. The molecule has 0 aromatic heterocycles. The van der Waals surface area contributed by atoms with Gasteiger partial charge in [-0.25, -0.2) is 4.39 Å². The molecule has 0 aliphatic carbocycles. The molecule has 2 rings (SSSR count). The predicted octanol–water partition coefficient (Wildman–Crippen LogP) is 3.33. The number of hydrogen-bond acceptors (Lipinski definition) is 3. The van der Waals surface area contributed by atoms with Crippen molar-refractivity contribution in [2.45, 2.75) is 13.3 Å². The van der Waals surface area contributed by atoms with Crippen LogP contribution < -0.4 is 14.8 Å². The van der Waals surface area contributed by atoms with E-state index in [4.69, 9.17) is 9.47 Å². The molecule has 0 aliphatic rings. The lowest BCUT2D eigenvalue weighted by Crippen LogP contribution is -2.15. The van der Waals surface area contributed by atoms with E-state index in [9.17, 15) is 9.18 Å². The van der Waals surface area contributed by atoms with E-state index in [2.05, 4.69) is 5.32 Å². The Morgan fingerprint density at radius 1 is 1.14 bits per heavy atom. The average molecular weight is 303 g/mol. The van der Waals surface area contributed by atoms with Crippen LogP contribution in [0.4, 0.5) is 10.1 Å². The van der Waals surface area contributed by atoms with Gasteiger partial charge in [0, 0.05) is 11.3 Å². The van der Waals surface area contributed by atoms with E-state index in [-0.39, 0.29) is 18.1 Å². The van der Waals surface area contributed by atoms with Gasteiger partial charge >= 0.3 is 0 Å². The lowest BCUT2D eigenvalue weighted by atomic mass is 10.1. The van der Waals surface area contributed by atoms with Crippen LogP contribution >= 0.6 is 0 Å². The summed E-state index contributed by atoms with van der Waals surface area (Å²) in [5.74, 6) is 0.641. The Hall–Kier alpha value is -2.56. The topological polar surface area (TPSA) is 47.6 Å². The van der Waals surface area contributed by atoms with Crippen LogP contribution in [-0.4, -0.2) is 20.1 Å². The smallest absolute Gasteiger partial charge is 0.228 e. The highest BCUT2D eigenvalue weighted by atomic mass is 19.1. The summed E-state index contributed by atoms with van der Waals surface area (Å²) in [5.41, 5.74) is 1.66. The fourth-order valence-corrected chi connectivity index (χ4v) is 2.07. The second kappa shape index (κ2) is 6.93. The van der Waals surface area contributed by atoms with Crippen LogP contribution in [0.5, 0.6) is 11.5 Å². The molecule has 4 nitrogen and oxygen atoms in total. The van der Waals surface area contributed by atoms with Crippen molar-refractivity contribution in [2.75, 3.05) is 19.5 Å². The minimum Gasteiger partial charge on any atom is -0.497 e. The molecule has 2 aromatic rings. The highest BCUT2D eigenvalue weighted by Gasteiger charge is 2.11. The summed E-state index contributed by atoms with van der Waals surface area (Å²) in [5, 5.41) is 2.67. The van der Waals surface area contributed by atoms with Gasteiger partial charge < -0.3 is 14.8 Å². The quantitative estimate of drug-likeness (QED) is 0.921. The largest absolute Gasteiger partial charge is 0.497 e. The Morgan fingerprint density at radius 3 is 2.55 bits per heavy atom. The fraction of sp³-hybridized carbons (Fsp3) is 0.235. The molecular formula is C17H18FNO3. The summed E-state index contributed by atoms with van der Waals surface area (Å²) in [4.78, 5) is 12.1.